The molecule has 0 aliphatic heterocycles. The summed E-state index contributed by atoms with van der Waals surface area (Å²) in [5.74, 6) is 0.112. The fourth-order valence-corrected chi connectivity index (χ4v) is 2.35. The Labute approximate surface area is 138 Å². The van der Waals surface area contributed by atoms with Gasteiger partial charge in [-0.05, 0) is 11.5 Å². The largest absolute Gasteiger partial charge is 0.378 e. The lowest BCUT2D eigenvalue weighted by Crippen LogP contribution is -2.34. The molecule has 2 amide bonds. The summed E-state index contributed by atoms with van der Waals surface area (Å²) in [4.78, 5) is 23.4. The molecule has 0 radical (unpaired) electrons. The topological polar surface area (TPSA) is 67.4 Å². The second-order valence-electron chi connectivity index (χ2n) is 5.74. The van der Waals surface area contributed by atoms with E-state index in [4.69, 9.17) is 4.74 Å². The van der Waals surface area contributed by atoms with Gasteiger partial charge in [0.2, 0.25) is 11.8 Å². The van der Waals surface area contributed by atoms with Gasteiger partial charge in [0.1, 0.15) is 0 Å². The predicted octanol–water partition coefficient (Wildman–Crippen LogP) is 2.09. The number of carbonyl (C=O) groups excluding carboxylic acids is 2. The van der Waals surface area contributed by atoms with E-state index in [1.54, 1.807) is 0 Å². The Bertz CT molecular complexity index is 474. The van der Waals surface area contributed by atoms with Crippen LogP contribution in [-0.2, 0) is 14.3 Å². The van der Waals surface area contributed by atoms with Crippen LogP contribution in [0.4, 0.5) is 0 Å². The number of rotatable bonds is 10. The van der Waals surface area contributed by atoms with Crippen molar-refractivity contribution in [3.8, 4) is 0 Å². The maximum Gasteiger partial charge on any atom is 0.227 e. The van der Waals surface area contributed by atoms with Crippen molar-refractivity contribution in [1.82, 2.24) is 10.6 Å². The van der Waals surface area contributed by atoms with E-state index in [2.05, 4.69) is 10.6 Å². The number of carbonyl (C=O) groups is 2. The van der Waals surface area contributed by atoms with Crippen molar-refractivity contribution in [3.63, 3.8) is 0 Å². The van der Waals surface area contributed by atoms with Crippen molar-refractivity contribution in [3.05, 3.63) is 35.9 Å². The first-order valence-electron chi connectivity index (χ1n) is 8.23. The van der Waals surface area contributed by atoms with Crippen LogP contribution >= 0.6 is 0 Å². The van der Waals surface area contributed by atoms with E-state index in [1.807, 2.05) is 51.1 Å². The summed E-state index contributed by atoms with van der Waals surface area (Å²) >= 11 is 0. The fourth-order valence-electron chi connectivity index (χ4n) is 2.35. The fraction of sp³-hybridized carbons (Fsp3) is 0.556. The van der Waals surface area contributed by atoms with Gasteiger partial charge in [-0.25, -0.2) is 0 Å². The SMILES string of the molecule is CCC(=O)NCCOCCNC(=O)C(c1ccccc1)C(C)C. The van der Waals surface area contributed by atoms with Gasteiger partial charge in [-0.15, -0.1) is 0 Å². The highest BCUT2D eigenvalue weighted by Crippen LogP contribution is 2.24. The molecule has 0 fully saturated rings. The Morgan fingerprint density at radius 2 is 1.65 bits per heavy atom. The zero-order chi connectivity index (χ0) is 17.1. The molecule has 1 aromatic rings. The van der Waals surface area contributed by atoms with Crippen molar-refractivity contribution < 1.29 is 14.3 Å². The molecule has 128 valence electrons. The minimum Gasteiger partial charge on any atom is -0.378 e. The van der Waals surface area contributed by atoms with Crippen LogP contribution in [0.25, 0.3) is 0 Å². The molecule has 5 nitrogen and oxygen atoms in total. The number of hydrogen-bond donors (Lipinski definition) is 2. The predicted molar refractivity (Wildman–Crippen MR) is 91.2 cm³/mol. The monoisotopic (exact) mass is 320 g/mol. The number of amides is 2. The number of hydrogen-bond acceptors (Lipinski definition) is 3. The van der Waals surface area contributed by atoms with Crippen LogP contribution in [-0.4, -0.2) is 38.1 Å². The molecule has 1 atom stereocenters. The molecule has 0 saturated heterocycles. The highest BCUT2D eigenvalue weighted by atomic mass is 16.5. The normalized spacial score (nSPS) is 12.0. The molecular formula is C18H28N2O3. The van der Waals surface area contributed by atoms with Gasteiger partial charge in [0.05, 0.1) is 19.1 Å². The maximum absolute atomic E-state index is 12.4. The Morgan fingerprint density at radius 3 is 2.22 bits per heavy atom. The molecule has 2 N–H and O–H groups in total. The third-order valence-corrected chi connectivity index (χ3v) is 3.54. The summed E-state index contributed by atoms with van der Waals surface area (Å²) in [5, 5.41) is 5.66. The lowest BCUT2D eigenvalue weighted by molar-refractivity contribution is -0.123. The van der Waals surface area contributed by atoms with E-state index in [1.165, 1.54) is 0 Å². The van der Waals surface area contributed by atoms with Crippen LogP contribution in [0.3, 0.4) is 0 Å². The van der Waals surface area contributed by atoms with Gasteiger partial charge in [0.25, 0.3) is 0 Å². The Hall–Kier alpha value is -1.88. The molecule has 0 aliphatic rings. The molecule has 1 aromatic carbocycles. The summed E-state index contributed by atoms with van der Waals surface area (Å²) in [5.41, 5.74) is 1.03. The van der Waals surface area contributed by atoms with E-state index in [0.29, 0.717) is 32.7 Å². The highest BCUT2D eigenvalue weighted by Gasteiger charge is 2.23. The van der Waals surface area contributed by atoms with Gasteiger partial charge >= 0.3 is 0 Å². The number of ether oxygens (including phenoxy) is 1. The molecule has 0 spiro atoms. The van der Waals surface area contributed by atoms with Crippen molar-refractivity contribution >= 4 is 11.8 Å². The summed E-state index contributed by atoms with van der Waals surface area (Å²) in [7, 11) is 0. The molecule has 0 saturated carbocycles. The van der Waals surface area contributed by atoms with Crippen LogP contribution < -0.4 is 10.6 Å². The average Bonchev–Trinajstić information content (AvgIpc) is 2.54. The average molecular weight is 320 g/mol. The number of nitrogens with one attached hydrogen (secondary N) is 2. The van der Waals surface area contributed by atoms with Crippen molar-refractivity contribution in [2.45, 2.75) is 33.1 Å². The van der Waals surface area contributed by atoms with E-state index in [0.717, 1.165) is 5.56 Å². The third-order valence-electron chi connectivity index (χ3n) is 3.54. The standard InChI is InChI=1S/C18H28N2O3/c1-4-16(21)19-10-12-23-13-11-20-18(22)17(14(2)3)15-8-6-5-7-9-15/h5-9,14,17H,4,10-13H2,1-3H3,(H,19,21)(H,20,22). The van der Waals surface area contributed by atoms with Crippen LogP contribution in [0.1, 0.15) is 38.7 Å². The number of benzene rings is 1. The second-order valence-corrected chi connectivity index (χ2v) is 5.74. The van der Waals surface area contributed by atoms with E-state index in [-0.39, 0.29) is 23.7 Å². The summed E-state index contributed by atoms with van der Waals surface area (Å²) < 4.78 is 5.40. The first kappa shape index (κ1) is 19.2. The summed E-state index contributed by atoms with van der Waals surface area (Å²) in [6.07, 6.45) is 0.478. The molecular weight excluding hydrogens is 292 g/mol. The molecule has 1 rings (SSSR count). The smallest absolute Gasteiger partial charge is 0.227 e. The zero-order valence-corrected chi connectivity index (χ0v) is 14.3. The van der Waals surface area contributed by atoms with Crippen molar-refractivity contribution in [1.29, 1.82) is 0 Å². The van der Waals surface area contributed by atoms with Crippen LogP contribution in [0.15, 0.2) is 30.3 Å². The molecule has 1 unspecified atom stereocenters. The first-order chi connectivity index (χ1) is 11.1. The minimum absolute atomic E-state index is 0.0181. The van der Waals surface area contributed by atoms with Crippen LogP contribution in [0, 0.1) is 5.92 Å². The van der Waals surface area contributed by atoms with Gasteiger partial charge in [0.15, 0.2) is 0 Å². The van der Waals surface area contributed by atoms with Crippen LogP contribution in [0.5, 0.6) is 0 Å². The Kier molecular flexibility index (Phi) is 8.98. The molecule has 0 aromatic heterocycles. The lowest BCUT2D eigenvalue weighted by atomic mass is 9.88. The van der Waals surface area contributed by atoms with Gasteiger partial charge in [-0.3, -0.25) is 9.59 Å². The minimum atomic E-state index is -0.153. The first-order valence-corrected chi connectivity index (χ1v) is 8.23. The highest BCUT2D eigenvalue weighted by molar-refractivity contribution is 5.83. The molecule has 23 heavy (non-hydrogen) atoms. The quantitative estimate of drug-likeness (QED) is 0.649. The van der Waals surface area contributed by atoms with Crippen LogP contribution in [0.2, 0.25) is 0 Å². The van der Waals surface area contributed by atoms with E-state index in [9.17, 15) is 9.59 Å². The summed E-state index contributed by atoms with van der Waals surface area (Å²) in [6.45, 7) is 7.76. The van der Waals surface area contributed by atoms with E-state index < -0.39 is 0 Å². The van der Waals surface area contributed by atoms with E-state index >= 15 is 0 Å². The molecule has 0 bridgehead atoms. The second kappa shape index (κ2) is 10.8. The van der Waals surface area contributed by atoms with Gasteiger partial charge in [-0.1, -0.05) is 51.1 Å². The van der Waals surface area contributed by atoms with Crippen molar-refractivity contribution in [2.75, 3.05) is 26.3 Å². The Morgan fingerprint density at radius 1 is 1.04 bits per heavy atom. The Balaban J connectivity index is 2.28. The molecule has 0 heterocycles. The summed E-state index contributed by atoms with van der Waals surface area (Å²) in [6, 6.07) is 9.82. The molecule has 0 aliphatic carbocycles. The zero-order valence-electron chi connectivity index (χ0n) is 14.3. The third kappa shape index (κ3) is 7.28. The van der Waals surface area contributed by atoms with Gasteiger partial charge in [0, 0.05) is 19.5 Å². The van der Waals surface area contributed by atoms with Gasteiger partial charge < -0.3 is 15.4 Å². The van der Waals surface area contributed by atoms with Crippen molar-refractivity contribution in [2.24, 2.45) is 5.92 Å². The maximum atomic E-state index is 12.4. The lowest BCUT2D eigenvalue weighted by Gasteiger charge is -2.20. The molecule has 5 heteroatoms. The van der Waals surface area contributed by atoms with Gasteiger partial charge in [-0.2, -0.15) is 0 Å².